The number of rotatable bonds is 9. The summed E-state index contributed by atoms with van der Waals surface area (Å²) in [6.45, 7) is 4.97. The van der Waals surface area contributed by atoms with Gasteiger partial charge in [0.2, 0.25) is 0 Å². The predicted octanol–water partition coefficient (Wildman–Crippen LogP) is 2.91. The third-order valence-corrected chi connectivity index (χ3v) is 2.73. The second kappa shape index (κ2) is 9.45. The van der Waals surface area contributed by atoms with Crippen molar-refractivity contribution in [3.05, 3.63) is 12.2 Å². The highest BCUT2D eigenvalue weighted by Gasteiger charge is 2.23. The minimum atomic E-state index is -0.604. The maximum atomic E-state index is 10.3. The zero-order chi connectivity index (χ0) is 12.3. The molecule has 0 heterocycles. The molecule has 0 aliphatic heterocycles. The summed E-state index contributed by atoms with van der Waals surface area (Å²) < 4.78 is 5.19. The Morgan fingerprint density at radius 3 is 2.62 bits per heavy atom. The van der Waals surface area contributed by atoms with E-state index in [1.54, 1.807) is 0 Å². The second-order valence-corrected chi connectivity index (χ2v) is 4.00. The zero-order valence-electron chi connectivity index (χ0n) is 10.5. The van der Waals surface area contributed by atoms with E-state index < -0.39 is 5.60 Å². The van der Waals surface area contributed by atoms with Gasteiger partial charge in [0.15, 0.2) is 0 Å². The summed E-state index contributed by atoms with van der Waals surface area (Å²) in [5.74, 6) is 2.42. The highest BCUT2D eigenvalue weighted by atomic mass is 16.5. The molecule has 0 spiro atoms. The van der Waals surface area contributed by atoms with Crippen molar-refractivity contribution >= 4 is 0 Å². The van der Waals surface area contributed by atoms with Crippen LogP contribution in [-0.2, 0) is 4.74 Å². The van der Waals surface area contributed by atoms with Gasteiger partial charge >= 0.3 is 0 Å². The summed E-state index contributed by atoms with van der Waals surface area (Å²) in [5.41, 5.74) is -0.604. The Morgan fingerprint density at radius 1 is 1.31 bits per heavy atom. The van der Waals surface area contributed by atoms with Gasteiger partial charge in [0.05, 0.1) is 12.2 Å². The van der Waals surface area contributed by atoms with Crippen LogP contribution >= 0.6 is 0 Å². The largest absolute Gasteiger partial charge is 0.390 e. The first-order chi connectivity index (χ1) is 7.68. The summed E-state index contributed by atoms with van der Waals surface area (Å²) >= 11 is 0. The molecule has 2 nitrogen and oxygen atoms in total. The Labute approximate surface area is 99.7 Å². The highest BCUT2D eigenvalue weighted by Crippen LogP contribution is 2.21. The molecule has 0 fully saturated rings. The molecule has 0 aliphatic rings. The normalized spacial score (nSPS) is 14.9. The Bertz CT molecular complexity index is 227. The molecular formula is C14H24O2. The molecule has 0 radical (unpaired) electrons. The van der Waals surface area contributed by atoms with Gasteiger partial charge in [-0.25, -0.2) is 0 Å². The molecule has 92 valence electrons. The fourth-order valence-corrected chi connectivity index (χ4v) is 1.51. The first-order valence-electron chi connectivity index (χ1n) is 6.07. The third kappa shape index (κ3) is 7.50. The molecule has 0 aromatic carbocycles. The molecular weight excluding hydrogens is 200 g/mol. The monoisotopic (exact) mass is 224 g/mol. The van der Waals surface area contributed by atoms with Crippen LogP contribution in [-0.4, -0.2) is 23.9 Å². The lowest BCUT2D eigenvalue weighted by Crippen LogP contribution is -2.29. The second-order valence-electron chi connectivity index (χ2n) is 4.00. The number of terminal acetylenes is 1. The van der Waals surface area contributed by atoms with Crippen LogP contribution in [0.15, 0.2) is 12.2 Å². The predicted molar refractivity (Wildman–Crippen MR) is 68.2 cm³/mol. The van der Waals surface area contributed by atoms with Gasteiger partial charge in [-0.05, 0) is 32.1 Å². The maximum absolute atomic E-state index is 10.3. The van der Waals surface area contributed by atoms with Gasteiger partial charge in [0, 0.05) is 0 Å². The first kappa shape index (κ1) is 15.2. The minimum absolute atomic E-state index is 0.329. The van der Waals surface area contributed by atoms with Gasteiger partial charge in [-0.1, -0.05) is 31.9 Å². The number of aliphatic hydroxyl groups is 1. The number of hydrogen-bond acceptors (Lipinski definition) is 2. The topological polar surface area (TPSA) is 29.5 Å². The average molecular weight is 224 g/mol. The lowest BCUT2D eigenvalue weighted by atomic mass is 9.91. The summed E-state index contributed by atoms with van der Waals surface area (Å²) in [6, 6.07) is 0. The van der Waals surface area contributed by atoms with Crippen molar-refractivity contribution in [1.82, 2.24) is 0 Å². The summed E-state index contributed by atoms with van der Waals surface area (Å²) in [5, 5.41) is 10.3. The standard InChI is InChI=1S/C14H24O2/c1-4-7-8-9-10-14(15,6-3)11-13-16-12-5-2/h2,7-8,15H,4,6,9-13H2,1,3H3/b8-7+/t14-/m1/s1. The zero-order valence-corrected chi connectivity index (χ0v) is 10.5. The Balaban J connectivity index is 3.82. The Kier molecular flexibility index (Phi) is 8.99. The molecule has 2 heteroatoms. The van der Waals surface area contributed by atoms with E-state index in [9.17, 15) is 5.11 Å². The van der Waals surface area contributed by atoms with Crippen LogP contribution in [0.5, 0.6) is 0 Å². The molecule has 16 heavy (non-hydrogen) atoms. The van der Waals surface area contributed by atoms with Crippen LogP contribution in [0.3, 0.4) is 0 Å². The summed E-state index contributed by atoms with van der Waals surface area (Å²) in [7, 11) is 0. The van der Waals surface area contributed by atoms with E-state index in [-0.39, 0.29) is 0 Å². The Morgan fingerprint density at radius 2 is 2.06 bits per heavy atom. The molecule has 1 N–H and O–H groups in total. The number of hydrogen-bond donors (Lipinski definition) is 1. The molecule has 1 atom stereocenters. The van der Waals surface area contributed by atoms with Crippen molar-refractivity contribution in [2.24, 2.45) is 0 Å². The molecule has 0 aliphatic carbocycles. The minimum Gasteiger partial charge on any atom is -0.390 e. The van der Waals surface area contributed by atoms with E-state index in [2.05, 4.69) is 25.0 Å². The number of ether oxygens (including phenoxy) is 1. The van der Waals surface area contributed by atoms with Crippen molar-refractivity contribution in [1.29, 1.82) is 0 Å². The molecule has 0 aromatic rings. The lowest BCUT2D eigenvalue weighted by molar-refractivity contribution is -0.00492. The van der Waals surface area contributed by atoms with E-state index in [4.69, 9.17) is 11.2 Å². The fraction of sp³-hybridized carbons (Fsp3) is 0.714. The van der Waals surface area contributed by atoms with Crippen molar-refractivity contribution in [2.75, 3.05) is 13.2 Å². The summed E-state index contributed by atoms with van der Waals surface area (Å²) in [4.78, 5) is 0. The third-order valence-electron chi connectivity index (χ3n) is 2.73. The van der Waals surface area contributed by atoms with E-state index in [1.165, 1.54) is 0 Å². The van der Waals surface area contributed by atoms with Crippen molar-refractivity contribution < 1.29 is 9.84 Å². The van der Waals surface area contributed by atoms with E-state index in [1.807, 2.05) is 6.92 Å². The van der Waals surface area contributed by atoms with Gasteiger partial charge < -0.3 is 9.84 Å². The molecule has 0 unspecified atom stereocenters. The smallest absolute Gasteiger partial charge is 0.107 e. The number of allylic oxidation sites excluding steroid dienone is 2. The van der Waals surface area contributed by atoms with Crippen LogP contribution in [0, 0.1) is 12.3 Å². The van der Waals surface area contributed by atoms with Crippen LogP contribution in [0.4, 0.5) is 0 Å². The summed E-state index contributed by atoms with van der Waals surface area (Å²) in [6.07, 6.45) is 13.5. The molecule has 0 bridgehead atoms. The van der Waals surface area contributed by atoms with E-state index in [0.717, 1.165) is 25.7 Å². The Hall–Kier alpha value is -0.780. The van der Waals surface area contributed by atoms with Crippen LogP contribution in [0.1, 0.15) is 46.0 Å². The molecule has 0 saturated heterocycles. The van der Waals surface area contributed by atoms with Gasteiger partial charge in [0.1, 0.15) is 6.61 Å². The SMILES string of the molecule is C#CCOCC[C@@](O)(CC)CC/C=C/CC. The van der Waals surface area contributed by atoms with Gasteiger partial charge in [-0.2, -0.15) is 0 Å². The van der Waals surface area contributed by atoms with Crippen LogP contribution in [0.2, 0.25) is 0 Å². The van der Waals surface area contributed by atoms with Crippen molar-refractivity contribution in [2.45, 2.75) is 51.6 Å². The first-order valence-corrected chi connectivity index (χ1v) is 6.07. The lowest BCUT2D eigenvalue weighted by Gasteiger charge is -2.26. The van der Waals surface area contributed by atoms with Crippen molar-refractivity contribution in [3.8, 4) is 12.3 Å². The molecule has 0 amide bonds. The van der Waals surface area contributed by atoms with E-state index >= 15 is 0 Å². The van der Waals surface area contributed by atoms with E-state index in [0.29, 0.717) is 19.6 Å². The molecule has 0 aromatic heterocycles. The van der Waals surface area contributed by atoms with Crippen molar-refractivity contribution in [3.63, 3.8) is 0 Å². The van der Waals surface area contributed by atoms with Crippen LogP contribution in [0.25, 0.3) is 0 Å². The molecule has 0 saturated carbocycles. The average Bonchev–Trinajstić information content (AvgIpc) is 2.31. The van der Waals surface area contributed by atoms with Gasteiger partial charge in [-0.15, -0.1) is 6.42 Å². The van der Waals surface area contributed by atoms with Gasteiger partial charge in [0.25, 0.3) is 0 Å². The quantitative estimate of drug-likeness (QED) is 0.371. The molecule has 0 rings (SSSR count). The maximum Gasteiger partial charge on any atom is 0.107 e. The highest BCUT2D eigenvalue weighted by molar-refractivity contribution is 4.86. The van der Waals surface area contributed by atoms with Gasteiger partial charge in [-0.3, -0.25) is 0 Å². The fourth-order valence-electron chi connectivity index (χ4n) is 1.51. The van der Waals surface area contributed by atoms with Crippen LogP contribution < -0.4 is 0 Å².